The molecule has 0 aromatic heterocycles. The minimum absolute atomic E-state index is 0.0891. The van der Waals surface area contributed by atoms with Crippen molar-refractivity contribution in [3.8, 4) is 0 Å². The van der Waals surface area contributed by atoms with Gasteiger partial charge in [0.05, 0.1) is 11.5 Å². The number of rotatable bonds is 3. The lowest BCUT2D eigenvalue weighted by molar-refractivity contribution is -0.145. The molecule has 3 aliphatic rings. The predicted octanol–water partition coefficient (Wildman–Crippen LogP) is 4.32. The Morgan fingerprint density at radius 2 is 1.91 bits per heavy atom. The first-order chi connectivity index (χ1) is 16.0. The molecule has 0 saturated carbocycles. The Labute approximate surface area is 193 Å². The van der Waals surface area contributed by atoms with Crippen molar-refractivity contribution >= 4 is 24.0 Å². The molecule has 2 heterocycles. The van der Waals surface area contributed by atoms with E-state index in [-0.39, 0.29) is 17.6 Å². The quantitative estimate of drug-likeness (QED) is 0.281. The largest absolute Gasteiger partial charge is 0.458 e. The smallest absolute Gasteiger partial charge is 0.416 e. The van der Waals surface area contributed by atoms with E-state index in [1.54, 1.807) is 19.1 Å². The first-order valence-corrected chi connectivity index (χ1v) is 10.6. The average Bonchev–Trinajstić information content (AvgIpc) is 3.23. The lowest BCUT2D eigenvalue weighted by Gasteiger charge is -2.25. The van der Waals surface area contributed by atoms with Crippen molar-refractivity contribution in [2.24, 2.45) is 5.92 Å². The molecule has 2 aliphatic heterocycles. The summed E-state index contributed by atoms with van der Waals surface area (Å²) in [7, 11) is 0. The summed E-state index contributed by atoms with van der Waals surface area (Å²) in [4.78, 5) is 37.0. The average molecular weight is 474 g/mol. The van der Waals surface area contributed by atoms with Gasteiger partial charge in [0.25, 0.3) is 0 Å². The molecule has 1 saturated heterocycles. The second-order valence-electron chi connectivity index (χ2n) is 8.41. The van der Waals surface area contributed by atoms with Crippen LogP contribution in [0, 0.1) is 5.92 Å². The number of alkyl halides is 3. The maximum atomic E-state index is 12.9. The molecule has 6 nitrogen and oxygen atoms in total. The zero-order chi connectivity index (χ0) is 24.6. The van der Waals surface area contributed by atoms with Gasteiger partial charge in [0.15, 0.2) is 0 Å². The molecule has 1 aromatic carbocycles. The Balaban J connectivity index is 1.57. The van der Waals surface area contributed by atoms with Crippen LogP contribution in [-0.4, -0.2) is 36.2 Å². The summed E-state index contributed by atoms with van der Waals surface area (Å²) in [6, 6.07) is 4.51. The Morgan fingerprint density at radius 3 is 2.65 bits per heavy atom. The van der Waals surface area contributed by atoms with Crippen molar-refractivity contribution in [1.29, 1.82) is 0 Å². The molecular formula is C25H21F3O6. The molecule has 0 N–H and O–H groups in total. The normalized spacial score (nSPS) is 28.5. The Hall–Kier alpha value is -3.62. The van der Waals surface area contributed by atoms with Crippen molar-refractivity contribution < 1.29 is 41.8 Å². The second kappa shape index (κ2) is 8.96. The molecule has 0 radical (unpaired) electrons. The van der Waals surface area contributed by atoms with Crippen LogP contribution in [0.2, 0.25) is 0 Å². The number of hydrogen-bond acceptors (Lipinski definition) is 6. The molecule has 9 heteroatoms. The molecule has 1 aromatic rings. The summed E-state index contributed by atoms with van der Waals surface area (Å²) in [5.41, 5.74) is 0.577. The first kappa shape index (κ1) is 23.5. The van der Waals surface area contributed by atoms with Crippen LogP contribution in [0.1, 0.15) is 30.9 Å². The molecule has 1 fully saturated rings. The van der Waals surface area contributed by atoms with E-state index in [1.807, 2.05) is 0 Å². The molecule has 2 bridgehead atoms. The molecule has 0 spiro atoms. The van der Waals surface area contributed by atoms with E-state index in [2.05, 4.69) is 6.58 Å². The third-order valence-electron chi connectivity index (χ3n) is 5.86. The van der Waals surface area contributed by atoms with Crippen LogP contribution in [-0.2, 0) is 34.8 Å². The minimum atomic E-state index is -4.51. The maximum Gasteiger partial charge on any atom is 0.416 e. The van der Waals surface area contributed by atoms with Crippen LogP contribution in [0.25, 0.3) is 6.08 Å². The monoisotopic (exact) mass is 474 g/mol. The van der Waals surface area contributed by atoms with Gasteiger partial charge in [-0.05, 0) is 42.8 Å². The van der Waals surface area contributed by atoms with Crippen molar-refractivity contribution in [2.75, 3.05) is 0 Å². The number of carbonyl (C=O) groups is 3. The zero-order valence-corrected chi connectivity index (χ0v) is 18.1. The highest BCUT2D eigenvalue weighted by Crippen LogP contribution is 2.38. The lowest BCUT2D eigenvalue weighted by atomic mass is 9.85. The van der Waals surface area contributed by atoms with Crippen molar-refractivity contribution in [2.45, 2.75) is 44.3 Å². The van der Waals surface area contributed by atoms with Gasteiger partial charge in [-0.15, -0.1) is 0 Å². The number of benzene rings is 1. The van der Waals surface area contributed by atoms with Gasteiger partial charge in [-0.1, -0.05) is 24.3 Å². The molecule has 0 amide bonds. The van der Waals surface area contributed by atoms with E-state index in [0.29, 0.717) is 12.0 Å². The number of fused-ring (bicyclic) bond motifs is 2. The summed E-state index contributed by atoms with van der Waals surface area (Å²) in [6.45, 7) is 5.55. The highest BCUT2D eigenvalue weighted by Gasteiger charge is 2.46. The Morgan fingerprint density at radius 1 is 1.15 bits per heavy atom. The first-order valence-electron chi connectivity index (χ1n) is 10.6. The number of halogens is 3. The van der Waals surface area contributed by atoms with Crippen molar-refractivity contribution in [3.05, 3.63) is 76.9 Å². The summed E-state index contributed by atoms with van der Waals surface area (Å²) in [5, 5.41) is 0. The number of esters is 3. The molecule has 4 rings (SSSR count). The van der Waals surface area contributed by atoms with E-state index in [1.165, 1.54) is 18.2 Å². The van der Waals surface area contributed by atoms with Crippen molar-refractivity contribution in [3.63, 3.8) is 0 Å². The maximum absolute atomic E-state index is 12.9. The van der Waals surface area contributed by atoms with E-state index < -0.39 is 53.9 Å². The summed E-state index contributed by atoms with van der Waals surface area (Å²) in [5.74, 6) is -2.68. The van der Waals surface area contributed by atoms with Gasteiger partial charge in [-0.3, -0.25) is 0 Å². The SMILES string of the molecule is C=C1C(=O)OC2CC3=C[C@@H](C/C(C)=C/C(OC(=O)/C=C/c4cccc(C(F)(F)F)c4)[C@H]12)OC3=O. The van der Waals surface area contributed by atoms with E-state index >= 15 is 0 Å². The number of ether oxygens (including phenoxy) is 3. The third kappa shape index (κ3) is 4.98. The van der Waals surface area contributed by atoms with Gasteiger partial charge in [0, 0.05) is 30.1 Å². The van der Waals surface area contributed by atoms with Crippen LogP contribution in [0.3, 0.4) is 0 Å². The minimum Gasteiger partial charge on any atom is -0.458 e. The van der Waals surface area contributed by atoms with Crippen LogP contribution in [0.5, 0.6) is 0 Å². The zero-order valence-electron chi connectivity index (χ0n) is 18.1. The molecule has 34 heavy (non-hydrogen) atoms. The van der Waals surface area contributed by atoms with E-state index in [4.69, 9.17) is 14.2 Å². The summed E-state index contributed by atoms with van der Waals surface area (Å²) < 4.78 is 55.1. The van der Waals surface area contributed by atoms with Crippen LogP contribution in [0.15, 0.2) is 65.8 Å². The highest BCUT2D eigenvalue weighted by atomic mass is 19.4. The lowest BCUT2D eigenvalue weighted by Crippen LogP contribution is -2.32. The predicted molar refractivity (Wildman–Crippen MR) is 114 cm³/mol. The van der Waals surface area contributed by atoms with Crippen LogP contribution >= 0.6 is 0 Å². The van der Waals surface area contributed by atoms with Crippen LogP contribution in [0.4, 0.5) is 13.2 Å². The van der Waals surface area contributed by atoms with Gasteiger partial charge in [-0.25, -0.2) is 14.4 Å². The molecular weight excluding hydrogens is 453 g/mol. The van der Waals surface area contributed by atoms with E-state index in [9.17, 15) is 27.6 Å². The van der Waals surface area contributed by atoms with E-state index in [0.717, 1.165) is 23.8 Å². The number of carbonyl (C=O) groups excluding carboxylic acids is 3. The fourth-order valence-corrected chi connectivity index (χ4v) is 4.27. The molecule has 4 atom stereocenters. The fourth-order valence-electron chi connectivity index (χ4n) is 4.27. The third-order valence-corrected chi connectivity index (χ3v) is 5.86. The van der Waals surface area contributed by atoms with Gasteiger partial charge >= 0.3 is 24.1 Å². The second-order valence-corrected chi connectivity index (χ2v) is 8.41. The summed E-state index contributed by atoms with van der Waals surface area (Å²) >= 11 is 0. The van der Waals surface area contributed by atoms with Gasteiger partial charge in [0.1, 0.15) is 18.3 Å². The van der Waals surface area contributed by atoms with Gasteiger partial charge in [-0.2, -0.15) is 13.2 Å². The Bertz CT molecular complexity index is 1140. The standard InChI is InChI=1S/C25H21F3O6/c1-13-8-18-11-16(24(31)32-18)12-20-22(14(2)23(30)34-20)19(9-13)33-21(29)7-6-15-4-3-5-17(10-15)25(26,27)28/h3-7,9-11,18-20,22H,2,8,12H2,1H3/b7-6+,13-9+/t18-,19?,20?,22+/m1/s1. The van der Waals surface area contributed by atoms with Gasteiger partial charge < -0.3 is 14.2 Å². The molecule has 1 aliphatic carbocycles. The number of hydrogen-bond donors (Lipinski definition) is 0. The molecule has 2 unspecified atom stereocenters. The Kier molecular flexibility index (Phi) is 6.20. The van der Waals surface area contributed by atoms with Gasteiger partial charge in [0.2, 0.25) is 0 Å². The molecule has 178 valence electrons. The topological polar surface area (TPSA) is 78.9 Å². The van der Waals surface area contributed by atoms with Crippen LogP contribution < -0.4 is 0 Å². The highest BCUT2D eigenvalue weighted by molar-refractivity contribution is 5.93. The van der Waals surface area contributed by atoms with Crippen molar-refractivity contribution in [1.82, 2.24) is 0 Å². The summed E-state index contributed by atoms with van der Waals surface area (Å²) in [6.07, 6.45) is -0.628. The fraction of sp³-hybridized carbons (Fsp3) is 0.320.